The topological polar surface area (TPSA) is 69.3 Å². The normalized spacial score (nSPS) is 20.2. The van der Waals surface area contributed by atoms with Crippen molar-refractivity contribution in [3.63, 3.8) is 0 Å². The molecule has 2 fully saturated rings. The summed E-state index contributed by atoms with van der Waals surface area (Å²) in [7, 11) is 0. The van der Waals surface area contributed by atoms with E-state index in [0.717, 1.165) is 80.6 Å². The first-order valence-corrected chi connectivity index (χ1v) is 10.2. The molecule has 5 rings (SSSR count). The molecule has 0 amide bonds. The van der Waals surface area contributed by atoms with Crippen molar-refractivity contribution in [3.8, 4) is 0 Å². The van der Waals surface area contributed by atoms with Crippen molar-refractivity contribution in [1.82, 2.24) is 15.0 Å². The summed E-state index contributed by atoms with van der Waals surface area (Å²) >= 11 is 0. The Morgan fingerprint density at radius 2 is 2.03 bits per heavy atom. The number of nitrogens with zero attached hydrogens (tertiary/aromatic N) is 4. The average molecular weight is 396 g/mol. The number of pyridine rings is 1. The molecule has 0 unspecified atom stereocenters. The van der Waals surface area contributed by atoms with E-state index in [1.165, 1.54) is 6.07 Å². The highest BCUT2D eigenvalue weighted by atomic mass is 19.1. The second-order valence-electron chi connectivity index (χ2n) is 7.64. The lowest BCUT2D eigenvalue weighted by Gasteiger charge is -2.35. The Morgan fingerprint density at radius 3 is 2.90 bits per heavy atom. The smallest absolute Gasteiger partial charge is 0.161 e. The van der Waals surface area contributed by atoms with Gasteiger partial charge in [0.15, 0.2) is 5.65 Å². The number of imidazole rings is 1. The number of fused-ring (bicyclic) bond motifs is 1. The van der Waals surface area contributed by atoms with Crippen molar-refractivity contribution >= 4 is 28.4 Å². The number of benzene rings is 1. The maximum atomic E-state index is 13.6. The number of anilines is 3. The summed E-state index contributed by atoms with van der Waals surface area (Å²) in [5.74, 6) is 0.647. The number of morpholine rings is 1. The predicted molar refractivity (Wildman–Crippen MR) is 112 cm³/mol. The first-order valence-electron chi connectivity index (χ1n) is 10.2. The van der Waals surface area contributed by atoms with Crippen LogP contribution in [-0.4, -0.2) is 60.4 Å². The zero-order valence-corrected chi connectivity index (χ0v) is 16.3. The van der Waals surface area contributed by atoms with Crippen LogP contribution in [0.2, 0.25) is 0 Å². The van der Waals surface area contributed by atoms with Crippen molar-refractivity contribution in [3.05, 3.63) is 42.5 Å². The second kappa shape index (κ2) is 7.87. The van der Waals surface area contributed by atoms with Gasteiger partial charge in [-0.05, 0) is 31.0 Å². The number of aromatic amines is 1. The Bertz CT molecular complexity index is 986. The highest BCUT2D eigenvalue weighted by Crippen LogP contribution is 2.29. The molecule has 1 atom stereocenters. The number of nitrogens with one attached hydrogen (secondary N) is 2. The van der Waals surface area contributed by atoms with Gasteiger partial charge in [-0.1, -0.05) is 6.07 Å². The molecular weight excluding hydrogens is 371 g/mol. The number of hydrogen-bond donors (Lipinski definition) is 2. The van der Waals surface area contributed by atoms with E-state index in [1.807, 2.05) is 6.07 Å². The van der Waals surface area contributed by atoms with Gasteiger partial charge >= 0.3 is 0 Å². The minimum Gasteiger partial charge on any atom is -0.378 e. The number of aromatic nitrogens is 3. The monoisotopic (exact) mass is 396 g/mol. The Labute approximate surface area is 168 Å². The third-order valence-corrected chi connectivity index (χ3v) is 5.67. The van der Waals surface area contributed by atoms with Crippen LogP contribution >= 0.6 is 0 Å². The third-order valence-electron chi connectivity index (χ3n) is 5.67. The average Bonchev–Trinajstić information content (AvgIpc) is 3.23. The van der Waals surface area contributed by atoms with Gasteiger partial charge in [0.25, 0.3) is 0 Å². The zero-order chi connectivity index (χ0) is 19.6. The highest BCUT2D eigenvalue weighted by Gasteiger charge is 2.22. The summed E-state index contributed by atoms with van der Waals surface area (Å²) in [6.45, 7) is 4.90. The summed E-state index contributed by atoms with van der Waals surface area (Å²) in [5, 5.41) is 3.60. The van der Waals surface area contributed by atoms with Gasteiger partial charge in [0.05, 0.1) is 25.2 Å². The SMILES string of the molecule is Fc1cccc(N2CCC[C@@H](Nc3cc(N4CCOCC4)c4nc[nH]c4n3)C2)c1. The van der Waals surface area contributed by atoms with Crippen LogP contribution in [0.25, 0.3) is 11.2 Å². The van der Waals surface area contributed by atoms with Crippen LogP contribution in [-0.2, 0) is 4.74 Å². The van der Waals surface area contributed by atoms with E-state index >= 15 is 0 Å². The van der Waals surface area contributed by atoms with Crippen LogP contribution in [0.4, 0.5) is 21.6 Å². The molecule has 2 N–H and O–H groups in total. The van der Waals surface area contributed by atoms with Crippen LogP contribution in [0, 0.1) is 5.82 Å². The quantitative estimate of drug-likeness (QED) is 0.707. The van der Waals surface area contributed by atoms with Gasteiger partial charge < -0.3 is 24.8 Å². The summed E-state index contributed by atoms with van der Waals surface area (Å²) in [5.41, 5.74) is 3.69. The van der Waals surface area contributed by atoms with Crippen molar-refractivity contribution < 1.29 is 9.13 Å². The van der Waals surface area contributed by atoms with Gasteiger partial charge in [-0.3, -0.25) is 0 Å². The standard InChI is InChI=1S/C21H25FN6O/c22-15-3-1-5-17(11-15)28-6-2-4-16(13-28)25-19-12-18(27-7-9-29-10-8-27)20-21(26-19)24-14-23-20/h1,3,5,11-12,14,16H,2,4,6-10,13H2,(H2,23,24,25,26)/t16-/m1/s1. The van der Waals surface area contributed by atoms with Gasteiger partial charge in [-0.2, -0.15) is 0 Å². The number of halogens is 1. The fraction of sp³-hybridized carbons (Fsp3) is 0.429. The van der Waals surface area contributed by atoms with Gasteiger partial charge in [-0.25, -0.2) is 14.4 Å². The molecule has 2 saturated heterocycles. The maximum Gasteiger partial charge on any atom is 0.161 e. The predicted octanol–water partition coefficient (Wildman–Crippen LogP) is 3.01. The van der Waals surface area contributed by atoms with Crippen molar-refractivity contribution in [1.29, 1.82) is 0 Å². The van der Waals surface area contributed by atoms with Crippen molar-refractivity contribution in [2.75, 3.05) is 54.5 Å². The molecule has 7 nitrogen and oxygen atoms in total. The first-order chi connectivity index (χ1) is 14.3. The Hall–Kier alpha value is -2.87. The molecule has 2 aromatic heterocycles. The van der Waals surface area contributed by atoms with Crippen LogP contribution in [0.1, 0.15) is 12.8 Å². The molecule has 152 valence electrons. The summed E-state index contributed by atoms with van der Waals surface area (Å²) in [6, 6.07) is 9.17. The van der Waals surface area contributed by atoms with Gasteiger partial charge in [0.1, 0.15) is 17.2 Å². The number of ether oxygens (including phenoxy) is 1. The highest BCUT2D eigenvalue weighted by molar-refractivity contribution is 5.88. The van der Waals surface area contributed by atoms with E-state index in [9.17, 15) is 4.39 Å². The van der Waals surface area contributed by atoms with Crippen LogP contribution in [0.5, 0.6) is 0 Å². The molecule has 2 aliphatic rings. The fourth-order valence-electron chi connectivity index (χ4n) is 4.24. The summed E-state index contributed by atoms with van der Waals surface area (Å²) < 4.78 is 19.1. The summed E-state index contributed by atoms with van der Waals surface area (Å²) in [6.07, 6.45) is 3.80. The molecule has 8 heteroatoms. The molecule has 29 heavy (non-hydrogen) atoms. The van der Waals surface area contributed by atoms with Gasteiger partial charge in [0, 0.05) is 44.0 Å². The Balaban J connectivity index is 1.37. The molecule has 0 spiro atoms. The van der Waals surface area contributed by atoms with E-state index in [4.69, 9.17) is 9.72 Å². The number of rotatable bonds is 4. The third kappa shape index (κ3) is 3.85. The van der Waals surface area contributed by atoms with Gasteiger partial charge in [0.2, 0.25) is 0 Å². The molecule has 3 aromatic rings. The molecule has 0 aliphatic carbocycles. The van der Waals surface area contributed by atoms with Crippen LogP contribution in [0.15, 0.2) is 36.7 Å². The zero-order valence-electron chi connectivity index (χ0n) is 16.3. The molecule has 0 radical (unpaired) electrons. The minimum absolute atomic E-state index is 0.195. The molecule has 4 heterocycles. The second-order valence-corrected chi connectivity index (χ2v) is 7.64. The largest absolute Gasteiger partial charge is 0.378 e. The number of H-pyrrole nitrogens is 1. The first kappa shape index (κ1) is 18.2. The molecular formula is C21H25FN6O. The molecule has 0 saturated carbocycles. The maximum absolute atomic E-state index is 13.6. The fourth-order valence-corrected chi connectivity index (χ4v) is 4.24. The minimum atomic E-state index is -0.195. The van der Waals surface area contributed by atoms with E-state index in [2.05, 4.69) is 31.2 Å². The van der Waals surface area contributed by atoms with Gasteiger partial charge in [-0.15, -0.1) is 0 Å². The van der Waals surface area contributed by atoms with Crippen molar-refractivity contribution in [2.45, 2.75) is 18.9 Å². The molecule has 1 aromatic carbocycles. The lowest BCUT2D eigenvalue weighted by molar-refractivity contribution is 0.123. The van der Waals surface area contributed by atoms with E-state index in [0.29, 0.717) is 0 Å². The lowest BCUT2D eigenvalue weighted by Crippen LogP contribution is -2.42. The summed E-state index contributed by atoms with van der Waals surface area (Å²) in [4.78, 5) is 16.9. The molecule has 0 bridgehead atoms. The Kier molecular flexibility index (Phi) is 4.93. The number of hydrogen-bond acceptors (Lipinski definition) is 6. The lowest BCUT2D eigenvalue weighted by atomic mass is 10.0. The van der Waals surface area contributed by atoms with E-state index in [1.54, 1.807) is 18.5 Å². The van der Waals surface area contributed by atoms with Crippen molar-refractivity contribution in [2.24, 2.45) is 0 Å². The Morgan fingerprint density at radius 1 is 1.14 bits per heavy atom. The number of piperidine rings is 1. The van der Waals surface area contributed by atoms with Crippen LogP contribution in [0.3, 0.4) is 0 Å². The van der Waals surface area contributed by atoms with Crippen LogP contribution < -0.4 is 15.1 Å². The van der Waals surface area contributed by atoms with E-state index in [-0.39, 0.29) is 11.9 Å². The molecule has 2 aliphatic heterocycles. The van der Waals surface area contributed by atoms with E-state index < -0.39 is 0 Å².